The van der Waals surface area contributed by atoms with E-state index in [-0.39, 0.29) is 12.8 Å². The summed E-state index contributed by atoms with van der Waals surface area (Å²) >= 11 is 0. The molecule has 8 nitrogen and oxygen atoms in total. The molecule has 1 saturated heterocycles. The molecule has 0 spiro atoms. The van der Waals surface area contributed by atoms with Gasteiger partial charge in [-0.05, 0) is 71.1 Å². The highest BCUT2D eigenvalue weighted by Gasteiger charge is 2.23. The number of aromatic nitrogens is 3. The van der Waals surface area contributed by atoms with Crippen molar-refractivity contribution in [2.45, 2.75) is 110 Å². The van der Waals surface area contributed by atoms with Crippen LogP contribution in [-0.4, -0.2) is 59.9 Å². The summed E-state index contributed by atoms with van der Waals surface area (Å²) < 4.78 is 13.9. The Balaban J connectivity index is 1.80. The SMILES string of the molecule is CCC[C@H](C)Oc1nc(N)c2c(n1)c(CCCCCN1CCCCC1)c(C#N)n2COCC[Si](C)(C)C. The second kappa shape index (κ2) is 14.1. The molecule has 0 aliphatic carbocycles. The number of aryl methyl sites for hydroxylation is 1. The first-order valence-electron chi connectivity index (χ1n) is 14.3. The number of rotatable bonds is 15. The number of fused-ring (bicyclic) bond motifs is 1. The summed E-state index contributed by atoms with van der Waals surface area (Å²) in [6.07, 6.45) is 10.0. The Hall–Kier alpha value is -2.15. The number of hydrogen-bond acceptors (Lipinski definition) is 7. The average Bonchev–Trinajstić information content (AvgIpc) is 3.14. The lowest BCUT2D eigenvalue weighted by Gasteiger charge is -2.26. The highest BCUT2D eigenvalue weighted by atomic mass is 28.3. The molecule has 9 heteroatoms. The van der Waals surface area contributed by atoms with Crippen LogP contribution < -0.4 is 10.5 Å². The van der Waals surface area contributed by atoms with Crippen molar-refractivity contribution in [1.29, 1.82) is 5.26 Å². The smallest absolute Gasteiger partial charge is 0.319 e. The Morgan fingerprint density at radius 3 is 2.54 bits per heavy atom. The third kappa shape index (κ3) is 8.69. The first kappa shape index (κ1) is 29.4. The summed E-state index contributed by atoms with van der Waals surface area (Å²) in [7, 11) is -1.21. The summed E-state index contributed by atoms with van der Waals surface area (Å²) in [5.74, 6) is 0.338. The molecule has 1 aliphatic heterocycles. The van der Waals surface area contributed by atoms with Crippen LogP contribution in [0, 0.1) is 11.3 Å². The lowest BCUT2D eigenvalue weighted by Crippen LogP contribution is -2.30. The number of nitriles is 1. The average molecular weight is 529 g/mol. The molecule has 1 fully saturated rings. The lowest BCUT2D eigenvalue weighted by atomic mass is 10.1. The van der Waals surface area contributed by atoms with Crippen LogP contribution in [0.4, 0.5) is 5.82 Å². The van der Waals surface area contributed by atoms with Crippen molar-refractivity contribution in [2.75, 3.05) is 32.0 Å². The maximum Gasteiger partial charge on any atom is 0.319 e. The second-order valence-corrected chi connectivity index (χ2v) is 17.4. The van der Waals surface area contributed by atoms with Gasteiger partial charge in [0.15, 0.2) is 5.82 Å². The van der Waals surface area contributed by atoms with Crippen LogP contribution in [-0.2, 0) is 17.9 Å². The minimum absolute atomic E-state index is 0.00232. The summed E-state index contributed by atoms with van der Waals surface area (Å²) in [6.45, 7) is 15.7. The van der Waals surface area contributed by atoms with Crippen molar-refractivity contribution in [1.82, 2.24) is 19.4 Å². The normalized spacial score (nSPS) is 15.7. The van der Waals surface area contributed by atoms with Gasteiger partial charge in [-0.3, -0.25) is 0 Å². The number of nitrogens with zero attached hydrogens (tertiary/aromatic N) is 5. The Kier molecular flexibility index (Phi) is 11.2. The van der Waals surface area contributed by atoms with E-state index in [0.29, 0.717) is 29.6 Å². The minimum Gasteiger partial charge on any atom is -0.460 e. The van der Waals surface area contributed by atoms with E-state index >= 15 is 0 Å². The molecule has 1 atom stereocenters. The monoisotopic (exact) mass is 528 g/mol. The van der Waals surface area contributed by atoms with Crippen molar-refractivity contribution in [3.8, 4) is 12.1 Å². The zero-order valence-corrected chi connectivity index (χ0v) is 24.8. The largest absolute Gasteiger partial charge is 0.460 e. The minimum atomic E-state index is -1.21. The molecule has 2 N–H and O–H groups in total. The standard InChI is InChI=1S/C28H48N6O2Si/c1-6-13-22(2)36-28-31-25-23(14-9-7-10-15-33-16-11-8-12-17-33)24(20-29)34(26(25)27(30)32-28)21-35-18-19-37(3,4)5/h22H,6-19,21H2,1-5H3,(H2,30,31,32)/t22-/m0/s1. The van der Waals surface area contributed by atoms with E-state index < -0.39 is 8.07 Å². The first-order chi connectivity index (χ1) is 17.7. The number of nitrogens with two attached hydrogens (primary N) is 1. The van der Waals surface area contributed by atoms with E-state index in [4.69, 9.17) is 20.2 Å². The number of nitrogen functional groups attached to an aromatic ring is 1. The Labute approximate surface area is 224 Å². The molecule has 0 amide bonds. The molecule has 3 rings (SSSR count). The van der Waals surface area contributed by atoms with Gasteiger partial charge in [0.05, 0.1) is 6.10 Å². The fourth-order valence-electron chi connectivity index (χ4n) is 5.04. The number of hydrogen-bond donors (Lipinski definition) is 1. The Morgan fingerprint density at radius 1 is 1.11 bits per heavy atom. The van der Waals surface area contributed by atoms with Gasteiger partial charge < -0.3 is 24.7 Å². The number of anilines is 1. The van der Waals surface area contributed by atoms with Gasteiger partial charge in [-0.25, -0.2) is 0 Å². The van der Waals surface area contributed by atoms with E-state index in [1.54, 1.807) is 0 Å². The van der Waals surface area contributed by atoms with Crippen LogP contribution in [0.1, 0.15) is 76.5 Å². The van der Waals surface area contributed by atoms with Crippen molar-refractivity contribution >= 4 is 24.9 Å². The van der Waals surface area contributed by atoms with E-state index in [9.17, 15) is 5.26 Å². The van der Waals surface area contributed by atoms with E-state index in [1.165, 1.54) is 45.3 Å². The first-order valence-corrected chi connectivity index (χ1v) is 18.0. The highest BCUT2D eigenvalue weighted by Crippen LogP contribution is 2.31. The zero-order chi connectivity index (χ0) is 26.8. The third-order valence-electron chi connectivity index (χ3n) is 7.18. The molecule has 0 aromatic carbocycles. The number of ether oxygens (including phenoxy) is 2. The number of likely N-dealkylation sites (tertiary alicyclic amines) is 1. The van der Waals surface area contributed by atoms with Gasteiger partial charge in [0.2, 0.25) is 0 Å². The zero-order valence-electron chi connectivity index (χ0n) is 23.8. The van der Waals surface area contributed by atoms with Gasteiger partial charge in [-0.1, -0.05) is 45.8 Å². The van der Waals surface area contributed by atoms with Crippen LogP contribution in [0.15, 0.2) is 0 Å². The maximum atomic E-state index is 10.2. The number of piperidine rings is 1. The molecule has 0 radical (unpaired) electrons. The Morgan fingerprint density at radius 2 is 1.86 bits per heavy atom. The van der Waals surface area contributed by atoms with Crippen molar-refractivity contribution < 1.29 is 9.47 Å². The fourth-order valence-corrected chi connectivity index (χ4v) is 5.79. The topological polar surface area (TPSA) is 102 Å². The molecular weight excluding hydrogens is 480 g/mol. The predicted octanol–water partition coefficient (Wildman–Crippen LogP) is 5.96. The van der Waals surface area contributed by atoms with Gasteiger partial charge >= 0.3 is 6.01 Å². The molecule has 0 saturated carbocycles. The molecule has 2 aromatic rings. The highest BCUT2D eigenvalue weighted by molar-refractivity contribution is 6.76. The number of unbranched alkanes of at least 4 members (excludes halogenated alkanes) is 2. The van der Waals surface area contributed by atoms with Crippen LogP contribution in [0.2, 0.25) is 25.7 Å². The van der Waals surface area contributed by atoms with Gasteiger partial charge in [0.25, 0.3) is 0 Å². The molecule has 0 unspecified atom stereocenters. The molecule has 2 aromatic heterocycles. The summed E-state index contributed by atoms with van der Waals surface area (Å²) in [4.78, 5) is 11.8. The maximum absolute atomic E-state index is 10.2. The summed E-state index contributed by atoms with van der Waals surface area (Å²) in [5.41, 5.74) is 9.39. The van der Waals surface area contributed by atoms with Crippen molar-refractivity contribution in [3.05, 3.63) is 11.3 Å². The lowest BCUT2D eigenvalue weighted by molar-refractivity contribution is 0.0896. The van der Waals surface area contributed by atoms with Gasteiger partial charge in [0, 0.05) is 20.2 Å². The summed E-state index contributed by atoms with van der Waals surface area (Å²) in [6, 6.07) is 3.79. The molecule has 0 bridgehead atoms. The fraction of sp³-hybridized carbons (Fsp3) is 0.750. The molecule has 206 valence electrons. The van der Waals surface area contributed by atoms with Gasteiger partial charge in [-0.2, -0.15) is 15.2 Å². The molecule has 3 heterocycles. The second-order valence-electron chi connectivity index (χ2n) is 11.7. The van der Waals surface area contributed by atoms with Crippen LogP contribution in [0.25, 0.3) is 11.0 Å². The van der Waals surface area contributed by atoms with Crippen LogP contribution in [0.5, 0.6) is 6.01 Å². The van der Waals surface area contributed by atoms with Gasteiger partial charge in [0.1, 0.15) is 29.5 Å². The van der Waals surface area contributed by atoms with Gasteiger partial charge in [-0.15, -0.1) is 0 Å². The van der Waals surface area contributed by atoms with Crippen LogP contribution >= 0.6 is 0 Å². The quantitative estimate of drug-likeness (QED) is 0.225. The van der Waals surface area contributed by atoms with E-state index in [2.05, 4.69) is 42.5 Å². The summed E-state index contributed by atoms with van der Waals surface area (Å²) in [5, 5.41) is 10.2. The van der Waals surface area contributed by atoms with E-state index in [1.807, 2.05) is 11.5 Å². The Bertz CT molecular complexity index is 1040. The predicted molar refractivity (Wildman–Crippen MR) is 154 cm³/mol. The van der Waals surface area contributed by atoms with Crippen molar-refractivity contribution in [2.24, 2.45) is 0 Å². The third-order valence-corrected chi connectivity index (χ3v) is 8.88. The van der Waals surface area contributed by atoms with Crippen LogP contribution in [0.3, 0.4) is 0 Å². The molecular formula is C28H48N6O2Si. The van der Waals surface area contributed by atoms with E-state index in [0.717, 1.165) is 49.2 Å². The molecule has 1 aliphatic rings. The van der Waals surface area contributed by atoms with Crippen molar-refractivity contribution in [3.63, 3.8) is 0 Å². The molecule has 37 heavy (non-hydrogen) atoms.